The van der Waals surface area contributed by atoms with Gasteiger partial charge in [-0.3, -0.25) is 9.20 Å². The second-order valence-corrected chi connectivity index (χ2v) is 9.26. The molecule has 2 aromatic carbocycles. The van der Waals surface area contributed by atoms with E-state index in [9.17, 15) is 9.18 Å². The van der Waals surface area contributed by atoms with Gasteiger partial charge in [0.05, 0.1) is 11.2 Å². The lowest BCUT2D eigenvalue weighted by atomic mass is 9.81. The van der Waals surface area contributed by atoms with Crippen molar-refractivity contribution in [3.63, 3.8) is 0 Å². The molecule has 1 amide bonds. The normalized spacial score (nSPS) is 18.3. The number of aromatic amines is 1. The molecule has 176 valence electrons. The molecule has 0 spiro atoms. The molecular formula is C27H25FN6O. The maximum atomic E-state index is 13.5. The number of hydrogen-bond acceptors (Lipinski definition) is 4. The fraction of sp³-hybridized carbons (Fsp3) is 0.222. The molecule has 0 atom stereocenters. The first-order chi connectivity index (χ1) is 17.0. The number of carbonyl (C=O) groups is 1. The van der Waals surface area contributed by atoms with Crippen LogP contribution in [0.4, 0.5) is 10.2 Å². The van der Waals surface area contributed by atoms with Crippen molar-refractivity contribution in [2.45, 2.75) is 31.6 Å². The molecule has 0 radical (unpaired) electrons. The van der Waals surface area contributed by atoms with Crippen molar-refractivity contribution < 1.29 is 9.18 Å². The number of anilines is 1. The summed E-state index contributed by atoms with van der Waals surface area (Å²) in [5, 5.41) is 1.02. The van der Waals surface area contributed by atoms with E-state index in [2.05, 4.69) is 16.0 Å². The molecule has 8 heteroatoms. The van der Waals surface area contributed by atoms with Gasteiger partial charge in [0.2, 0.25) is 5.91 Å². The van der Waals surface area contributed by atoms with Gasteiger partial charge >= 0.3 is 0 Å². The van der Waals surface area contributed by atoms with E-state index < -0.39 is 0 Å². The van der Waals surface area contributed by atoms with E-state index in [1.165, 1.54) is 12.1 Å². The lowest BCUT2D eigenvalue weighted by Gasteiger charge is -2.25. The highest BCUT2D eigenvalue weighted by Crippen LogP contribution is 2.39. The number of halogens is 1. The number of para-hydroxylation sites is 1. The second-order valence-electron chi connectivity index (χ2n) is 9.26. The van der Waals surface area contributed by atoms with Gasteiger partial charge in [-0.05, 0) is 49.4 Å². The lowest BCUT2D eigenvalue weighted by molar-refractivity contribution is -0.122. The molecule has 5 aromatic rings. The number of aromatic nitrogens is 4. The van der Waals surface area contributed by atoms with Crippen molar-refractivity contribution in [3.05, 3.63) is 72.6 Å². The van der Waals surface area contributed by atoms with E-state index >= 15 is 0 Å². The van der Waals surface area contributed by atoms with Gasteiger partial charge in [0.25, 0.3) is 0 Å². The zero-order valence-electron chi connectivity index (χ0n) is 19.0. The smallest absolute Gasteiger partial charge is 0.220 e. The van der Waals surface area contributed by atoms with Gasteiger partial charge in [-0.2, -0.15) is 0 Å². The molecule has 1 fully saturated rings. The van der Waals surface area contributed by atoms with Gasteiger partial charge in [0, 0.05) is 35.2 Å². The van der Waals surface area contributed by atoms with Crippen molar-refractivity contribution in [2.24, 2.45) is 11.7 Å². The Morgan fingerprint density at radius 1 is 1.09 bits per heavy atom. The van der Waals surface area contributed by atoms with Gasteiger partial charge in [0.15, 0.2) is 0 Å². The quantitative estimate of drug-likeness (QED) is 0.343. The average Bonchev–Trinajstić information content (AvgIpc) is 3.47. The zero-order chi connectivity index (χ0) is 24.1. The Morgan fingerprint density at radius 3 is 2.60 bits per heavy atom. The van der Waals surface area contributed by atoms with Crippen LogP contribution in [-0.2, 0) is 4.79 Å². The minimum atomic E-state index is -0.266. The Labute approximate surface area is 201 Å². The largest absolute Gasteiger partial charge is 0.382 e. The fourth-order valence-corrected chi connectivity index (χ4v) is 5.35. The van der Waals surface area contributed by atoms with Crippen LogP contribution in [0.25, 0.3) is 38.9 Å². The van der Waals surface area contributed by atoms with Crippen LogP contribution in [0.2, 0.25) is 0 Å². The molecule has 3 heterocycles. The Bertz CT molecular complexity index is 1560. The number of hydrogen-bond donors (Lipinski definition) is 3. The van der Waals surface area contributed by atoms with Crippen LogP contribution in [0.3, 0.4) is 0 Å². The summed E-state index contributed by atoms with van der Waals surface area (Å²) in [6, 6.07) is 14.6. The van der Waals surface area contributed by atoms with Crippen molar-refractivity contribution in [3.8, 4) is 22.5 Å². The van der Waals surface area contributed by atoms with Crippen molar-refractivity contribution in [2.75, 3.05) is 5.73 Å². The summed E-state index contributed by atoms with van der Waals surface area (Å²) in [6.07, 6.45) is 6.79. The number of imidazole rings is 1. The Balaban J connectivity index is 1.47. The van der Waals surface area contributed by atoms with E-state index in [4.69, 9.17) is 16.5 Å². The van der Waals surface area contributed by atoms with Crippen molar-refractivity contribution in [1.29, 1.82) is 0 Å². The van der Waals surface area contributed by atoms with E-state index in [0.717, 1.165) is 70.4 Å². The van der Waals surface area contributed by atoms with E-state index in [-0.39, 0.29) is 23.6 Å². The third-order valence-corrected chi connectivity index (χ3v) is 7.17. The third kappa shape index (κ3) is 3.62. The molecule has 0 bridgehead atoms. The number of nitrogens with zero attached hydrogens (tertiary/aromatic N) is 3. The number of nitrogen functional groups attached to an aromatic ring is 1. The molecule has 0 saturated heterocycles. The Hall–Kier alpha value is -4.20. The summed E-state index contributed by atoms with van der Waals surface area (Å²) in [4.78, 5) is 24.6. The van der Waals surface area contributed by atoms with E-state index in [1.807, 2.05) is 28.8 Å². The summed E-state index contributed by atoms with van der Waals surface area (Å²) in [6.45, 7) is 0. The van der Waals surface area contributed by atoms with E-state index in [0.29, 0.717) is 5.82 Å². The zero-order valence-corrected chi connectivity index (χ0v) is 19.0. The predicted octanol–water partition coefficient (Wildman–Crippen LogP) is 5.03. The summed E-state index contributed by atoms with van der Waals surface area (Å²) in [5.41, 5.74) is 17.1. The van der Waals surface area contributed by atoms with Crippen molar-refractivity contribution >= 4 is 28.1 Å². The van der Waals surface area contributed by atoms with Crippen LogP contribution >= 0.6 is 0 Å². The Kier molecular flexibility index (Phi) is 5.02. The number of benzene rings is 2. The molecular weight excluding hydrogens is 443 g/mol. The number of nitrogens with two attached hydrogens (primary N) is 2. The molecule has 1 aliphatic rings. The van der Waals surface area contributed by atoms with E-state index in [1.54, 1.807) is 18.3 Å². The first-order valence-corrected chi connectivity index (χ1v) is 11.8. The standard InChI is InChI=1S/C27H25FN6O/c28-19-10-8-15(9-11-19)20-3-1-2-18-14-21(32-22(18)20)23-24-25(29)31-12-13-34(24)27(33-23)17-6-4-16(5-7-17)26(30)35/h1-3,8-14,16-17,32H,4-7H2,(H2,29,31)(H2,30,35)/t16-,17-. The van der Waals surface area contributed by atoms with Crippen LogP contribution in [0, 0.1) is 11.7 Å². The molecule has 0 aliphatic heterocycles. The number of carbonyl (C=O) groups excluding carboxylic acids is 1. The van der Waals surface area contributed by atoms with Gasteiger partial charge < -0.3 is 16.5 Å². The summed E-state index contributed by atoms with van der Waals surface area (Å²) < 4.78 is 15.5. The summed E-state index contributed by atoms with van der Waals surface area (Å²) in [7, 11) is 0. The molecule has 3 aromatic heterocycles. The molecule has 0 unspecified atom stereocenters. The van der Waals surface area contributed by atoms with Crippen LogP contribution in [-0.4, -0.2) is 25.3 Å². The molecule has 6 rings (SSSR count). The van der Waals surface area contributed by atoms with Gasteiger partial charge in [-0.15, -0.1) is 0 Å². The molecule has 35 heavy (non-hydrogen) atoms. The number of fused-ring (bicyclic) bond motifs is 2. The molecule has 1 aliphatic carbocycles. The third-order valence-electron chi connectivity index (χ3n) is 7.17. The number of primary amides is 1. The lowest BCUT2D eigenvalue weighted by Crippen LogP contribution is -2.27. The fourth-order valence-electron chi connectivity index (χ4n) is 5.35. The molecule has 5 N–H and O–H groups in total. The summed E-state index contributed by atoms with van der Waals surface area (Å²) in [5.74, 6) is 0.975. The Morgan fingerprint density at radius 2 is 1.86 bits per heavy atom. The van der Waals surface area contributed by atoms with Crippen LogP contribution in [0.5, 0.6) is 0 Å². The first kappa shape index (κ1) is 21.3. The van der Waals surface area contributed by atoms with Gasteiger partial charge in [-0.25, -0.2) is 14.4 Å². The second kappa shape index (κ2) is 8.23. The summed E-state index contributed by atoms with van der Waals surface area (Å²) >= 11 is 0. The SMILES string of the molecule is Nc1nccn2c1c(-c1cc3cccc(-c4ccc(F)cc4)c3[nH]1)nc2[C@H]1CC[C@H](C(N)=O)CC1. The van der Waals surface area contributed by atoms with Crippen LogP contribution in [0.15, 0.2) is 60.9 Å². The highest BCUT2D eigenvalue weighted by atomic mass is 19.1. The minimum Gasteiger partial charge on any atom is -0.382 e. The number of H-pyrrole nitrogens is 1. The highest BCUT2D eigenvalue weighted by Gasteiger charge is 2.30. The van der Waals surface area contributed by atoms with Crippen LogP contribution in [0.1, 0.15) is 37.4 Å². The van der Waals surface area contributed by atoms with Crippen LogP contribution < -0.4 is 11.5 Å². The number of amides is 1. The number of nitrogens with one attached hydrogen (secondary N) is 1. The maximum Gasteiger partial charge on any atom is 0.220 e. The predicted molar refractivity (Wildman–Crippen MR) is 134 cm³/mol. The molecule has 1 saturated carbocycles. The van der Waals surface area contributed by atoms with Crippen molar-refractivity contribution in [1.82, 2.24) is 19.4 Å². The maximum absolute atomic E-state index is 13.5. The number of rotatable bonds is 4. The minimum absolute atomic E-state index is 0.0673. The van der Waals surface area contributed by atoms with Gasteiger partial charge in [0.1, 0.15) is 28.7 Å². The topological polar surface area (TPSA) is 115 Å². The molecule has 7 nitrogen and oxygen atoms in total. The monoisotopic (exact) mass is 468 g/mol. The highest BCUT2D eigenvalue weighted by molar-refractivity contribution is 5.98. The van der Waals surface area contributed by atoms with Gasteiger partial charge in [-0.1, -0.05) is 30.3 Å². The average molecular weight is 469 g/mol. The first-order valence-electron chi connectivity index (χ1n) is 11.8.